The summed E-state index contributed by atoms with van der Waals surface area (Å²) >= 11 is 12.3. The van der Waals surface area contributed by atoms with E-state index in [0.29, 0.717) is 26.8 Å². The molecule has 0 spiro atoms. The Kier molecular flexibility index (Phi) is 3.61. The minimum Gasteiger partial charge on any atom is -0.202 e. The molecule has 0 saturated carbocycles. The maximum Gasteiger partial charge on any atom is 0.145 e. The number of fused-ring (bicyclic) bond motifs is 1. The second-order valence-corrected chi connectivity index (χ2v) is 5.08. The number of benzene rings is 2. The summed E-state index contributed by atoms with van der Waals surface area (Å²) < 4.78 is 1.47. The smallest absolute Gasteiger partial charge is 0.145 e. The molecule has 0 aliphatic carbocycles. The van der Waals surface area contributed by atoms with Gasteiger partial charge in [0.1, 0.15) is 17.3 Å². The monoisotopic (exact) mass is 314 g/mol. The van der Waals surface area contributed by atoms with Crippen molar-refractivity contribution in [2.45, 2.75) is 0 Å². The number of rotatable bonds is 2. The van der Waals surface area contributed by atoms with Gasteiger partial charge in [0, 0.05) is 15.6 Å². The van der Waals surface area contributed by atoms with E-state index in [4.69, 9.17) is 23.2 Å². The van der Waals surface area contributed by atoms with Crippen LogP contribution in [0.5, 0.6) is 0 Å². The average molecular weight is 315 g/mol. The van der Waals surface area contributed by atoms with E-state index in [2.05, 4.69) is 16.4 Å². The third-order valence-corrected chi connectivity index (χ3v) is 3.63. The van der Waals surface area contributed by atoms with Crippen molar-refractivity contribution in [3.63, 3.8) is 0 Å². The van der Waals surface area contributed by atoms with Gasteiger partial charge in [0.15, 0.2) is 0 Å². The summed E-state index contributed by atoms with van der Waals surface area (Å²) in [5.74, 6) is 0. The molecule has 3 rings (SSSR count). The molecule has 2 aromatic carbocycles. The highest BCUT2D eigenvalue weighted by Crippen LogP contribution is 2.28. The van der Waals surface area contributed by atoms with Crippen molar-refractivity contribution < 1.29 is 0 Å². The van der Waals surface area contributed by atoms with Crippen LogP contribution < -0.4 is 0 Å². The molecule has 3 aromatic rings. The Balaban J connectivity index is 2.19. The van der Waals surface area contributed by atoms with Gasteiger partial charge in [-0.2, -0.15) is 5.26 Å². The minimum absolute atomic E-state index is 0.290. The maximum atomic E-state index is 9.41. The topological polar surface area (TPSA) is 54.5 Å². The van der Waals surface area contributed by atoms with E-state index >= 15 is 0 Å². The Morgan fingerprint density at radius 2 is 1.81 bits per heavy atom. The first-order valence-electron chi connectivity index (χ1n) is 6.07. The molecule has 0 radical (unpaired) electrons. The number of nitriles is 1. The number of nitrogens with zero attached hydrogens (tertiary/aromatic N) is 4. The fourth-order valence-electron chi connectivity index (χ4n) is 1.97. The summed E-state index contributed by atoms with van der Waals surface area (Å²) in [6, 6.07) is 14.7. The van der Waals surface area contributed by atoms with Crippen LogP contribution in [0, 0.1) is 11.3 Å². The zero-order valence-corrected chi connectivity index (χ0v) is 12.2. The first-order chi connectivity index (χ1) is 10.2. The second kappa shape index (κ2) is 5.57. The number of hydrogen-bond donors (Lipinski definition) is 0. The van der Waals surface area contributed by atoms with E-state index in [1.165, 1.54) is 4.68 Å². The number of para-hydroxylation sites is 1. The molecule has 0 N–H and O–H groups in total. The third-order valence-electron chi connectivity index (χ3n) is 2.98. The van der Waals surface area contributed by atoms with Crippen LogP contribution >= 0.6 is 23.2 Å². The average Bonchev–Trinajstić information content (AvgIpc) is 2.91. The van der Waals surface area contributed by atoms with Crippen LogP contribution in [0.3, 0.4) is 0 Å². The van der Waals surface area contributed by atoms with Gasteiger partial charge >= 0.3 is 0 Å². The van der Waals surface area contributed by atoms with Crippen LogP contribution in [-0.4, -0.2) is 15.0 Å². The van der Waals surface area contributed by atoms with E-state index in [-0.39, 0.29) is 0 Å². The molecule has 102 valence electrons. The summed E-state index contributed by atoms with van der Waals surface area (Å²) in [4.78, 5) is 0. The van der Waals surface area contributed by atoms with Crippen LogP contribution in [0.25, 0.3) is 22.8 Å². The maximum absolute atomic E-state index is 9.41. The number of hydrogen-bond acceptors (Lipinski definition) is 3. The van der Waals surface area contributed by atoms with Gasteiger partial charge in [-0.05, 0) is 30.3 Å². The van der Waals surface area contributed by atoms with E-state index < -0.39 is 0 Å². The molecule has 4 nitrogen and oxygen atoms in total. The SMILES string of the molecule is N#C/C(=C\c1c(Cl)cccc1Cl)n1nnc2ccccc21. The quantitative estimate of drug-likeness (QED) is 0.664. The van der Waals surface area contributed by atoms with Crippen molar-refractivity contribution in [3.8, 4) is 6.07 Å². The molecule has 0 aliphatic heterocycles. The van der Waals surface area contributed by atoms with Crippen molar-refractivity contribution >= 4 is 46.0 Å². The van der Waals surface area contributed by atoms with Gasteiger partial charge in [0.25, 0.3) is 0 Å². The van der Waals surface area contributed by atoms with Crippen molar-refractivity contribution in [1.82, 2.24) is 15.0 Å². The van der Waals surface area contributed by atoms with Crippen molar-refractivity contribution in [1.29, 1.82) is 5.26 Å². The van der Waals surface area contributed by atoms with Gasteiger partial charge in [0.2, 0.25) is 0 Å². The van der Waals surface area contributed by atoms with Crippen LogP contribution in [0.4, 0.5) is 0 Å². The zero-order valence-electron chi connectivity index (χ0n) is 10.7. The summed E-state index contributed by atoms with van der Waals surface area (Å²) in [7, 11) is 0. The molecule has 0 atom stereocenters. The highest BCUT2D eigenvalue weighted by atomic mass is 35.5. The molecule has 0 bridgehead atoms. The predicted molar refractivity (Wildman–Crippen MR) is 83.8 cm³/mol. The molecule has 0 saturated heterocycles. The zero-order chi connectivity index (χ0) is 14.8. The lowest BCUT2D eigenvalue weighted by atomic mass is 10.2. The fourth-order valence-corrected chi connectivity index (χ4v) is 2.48. The molecular formula is C15H8Cl2N4. The fraction of sp³-hybridized carbons (Fsp3) is 0. The summed E-state index contributed by atoms with van der Waals surface area (Å²) in [5.41, 5.74) is 2.33. The first-order valence-corrected chi connectivity index (χ1v) is 6.83. The van der Waals surface area contributed by atoms with Crippen molar-refractivity contribution in [3.05, 3.63) is 58.1 Å². The first kappa shape index (κ1) is 13.6. The van der Waals surface area contributed by atoms with Crippen LogP contribution in [-0.2, 0) is 0 Å². The number of allylic oxidation sites excluding steroid dienone is 1. The normalized spacial score (nSPS) is 11.6. The molecule has 0 fully saturated rings. The Hall–Kier alpha value is -2.35. The molecule has 6 heteroatoms. The predicted octanol–water partition coefficient (Wildman–Crippen LogP) is 4.26. The summed E-state index contributed by atoms with van der Waals surface area (Å²) in [6.45, 7) is 0. The Bertz CT molecular complexity index is 870. The minimum atomic E-state index is 0.290. The Morgan fingerprint density at radius 1 is 1.10 bits per heavy atom. The highest BCUT2D eigenvalue weighted by Gasteiger charge is 2.10. The highest BCUT2D eigenvalue weighted by molar-refractivity contribution is 6.37. The molecule has 0 unspecified atom stereocenters. The summed E-state index contributed by atoms with van der Waals surface area (Å²) in [6.07, 6.45) is 1.60. The molecule has 0 amide bonds. The van der Waals surface area contributed by atoms with Crippen molar-refractivity contribution in [2.24, 2.45) is 0 Å². The summed E-state index contributed by atoms with van der Waals surface area (Å²) in [5, 5.41) is 18.4. The molecule has 1 heterocycles. The lowest BCUT2D eigenvalue weighted by molar-refractivity contribution is 0.848. The number of aromatic nitrogens is 3. The van der Waals surface area contributed by atoms with Crippen LogP contribution in [0.1, 0.15) is 5.56 Å². The molecule has 0 aliphatic rings. The standard InChI is InChI=1S/C15H8Cl2N4/c16-12-4-3-5-13(17)11(12)8-10(9-18)21-15-7-2-1-6-14(15)19-20-21/h1-8H/b10-8+. The van der Waals surface area contributed by atoms with E-state index in [9.17, 15) is 5.26 Å². The molecule has 21 heavy (non-hydrogen) atoms. The number of halogens is 2. The van der Waals surface area contributed by atoms with Crippen LogP contribution in [0.15, 0.2) is 42.5 Å². The van der Waals surface area contributed by atoms with Gasteiger partial charge in [-0.1, -0.05) is 46.6 Å². The van der Waals surface area contributed by atoms with E-state index in [0.717, 1.165) is 5.52 Å². The van der Waals surface area contributed by atoms with Crippen molar-refractivity contribution in [2.75, 3.05) is 0 Å². The van der Waals surface area contributed by atoms with Crippen LogP contribution in [0.2, 0.25) is 10.0 Å². The van der Waals surface area contributed by atoms with Gasteiger partial charge in [-0.15, -0.1) is 5.10 Å². The largest absolute Gasteiger partial charge is 0.202 e. The Labute approximate surface area is 130 Å². The second-order valence-electron chi connectivity index (χ2n) is 4.27. The van der Waals surface area contributed by atoms with Gasteiger partial charge < -0.3 is 0 Å². The Morgan fingerprint density at radius 3 is 2.52 bits per heavy atom. The van der Waals surface area contributed by atoms with Gasteiger partial charge in [-0.3, -0.25) is 0 Å². The van der Waals surface area contributed by atoms with Gasteiger partial charge in [-0.25, -0.2) is 4.68 Å². The lowest BCUT2D eigenvalue weighted by Gasteiger charge is -2.04. The lowest BCUT2D eigenvalue weighted by Crippen LogP contribution is -1.97. The van der Waals surface area contributed by atoms with E-state index in [1.807, 2.05) is 24.3 Å². The van der Waals surface area contributed by atoms with E-state index in [1.54, 1.807) is 24.3 Å². The van der Waals surface area contributed by atoms with Gasteiger partial charge in [0.05, 0.1) is 5.52 Å². The third kappa shape index (κ3) is 2.49. The molecular weight excluding hydrogens is 307 g/mol. The molecule has 1 aromatic heterocycles.